The van der Waals surface area contributed by atoms with Gasteiger partial charge in [-0.1, -0.05) is 36.4 Å². The number of allylic oxidation sites excluding steroid dienone is 1. The van der Waals surface area contributed by atoms with E-state index in [2.05, 4.69) is 6.58 Å². The number of hydrogen-bond donors (Lipinski definition) is 0. The van der Waals surface area contributed by atoms with Crippen LogP contribution < -0.4 is 0 Å². The van der Waals surface area contributed by atoms with Gasteiger partial charge in [0.25, 0.3) is 0 Å². The van der Waals surface area contributed by atoms with Gasteiger partial charge in [-0.15, -0.1) is 6.58 Å². The zero-order valence-electron chi connectivity index (χ0n) is 10.3. The molecule has 0 aliphatic rings. The Morgan fingerprint density at radius 2 is 1.76 bits per heavy atom. The summed E-state index contributed by atoms with van der Waals surface area (Å²) in [5, 5.41) is 0. The molecule has 0 saturated carbocycles. The molecule has 4 heteroatoms. The third-order valence-corrected chi connectivity index (χ3v) is 4.75. The Labute approximate surface area is 103 Å². The van der Waals surface area contributed by atoms with Crippen molar-refractivity contribution in [1.82, 2.24) is 0 Å². The van der Waals surface area contributed by atoms with E-state index in [1.807, 2.05) is 30.3 Å². The minimum atomic E-state index is -3.17. The molecule has 1 atom stereocenters. The molecular formula is C13H19O3P. The van der Waals surface area contributed by atoms with E-state index in [-0.39, 0.29) is 0 Å². The smallest absolute Gasteiger partial charge is 0.308 e. The molecule has 0 aliphatic heterocycles. The van der Waals surface area contributed by atoms with Crippen LogP contribution in [-0.4, -0.2) is 13.2 Å². The molecule has 1 rings (SSSR count). The van der Waals surface area contributed by atoms with Gasteiger partial charge in [0.2, 0.25) is 0 Å². The van der Waals surface area contributed by atoms with Gasteiger partial charge in [-0.2, -0.15) is 0 Å². The lowest BCUT2D eigenvalue weighted by molar-refractivity contribution is 0.215. The monoisotopic (exact) mass is 254 g/mol. The Morgan fingerprint density at radius 3 is 2.18 bits per heavy atom. The zero-order chi connectivity index (χ0) is 12.7. The molecule has 0 amide bonds. The van der Waals surface area contributed by atoms with E-state index >= 15 is 0 Å². The van der Waals surface area contributed by atoms with Crippen LogP contribution in [0.1, 0.15) is 25.1 Å². The third-order valence-electron chi connectivity index (χ3n) is 2.32. The summed E-state index contributed by atoms with van der Waals surface area (Å²) in [6.07, 6.45) is 1.63. The Kier molecular flexibility index (Phi) is 5.63. The largest absolute Gasteiger partial charge is 0.341 e. The maximum Gasteiger partial charge on any atom is 0.341 e. The zero-order valence-corrected chi connectivity index (χ0v) is 11.2. The van der Waals surface area contributed by atoms with Gasteiger partial charge in [0, 0.05) is 0 Å². The van der Waals surface area contributed by atoms with Crippen molar-refractivity contribution in [2.45, 2.75) is 19.5 Å². The van der Waals surface area contributed by atoms with Gasteiger partial charge in [-0.25, -0.2) is 0 Å². The van der Waals surface area contributed by atoms with Gasteiger partial charge in [0.15, 0.2) is 0 Å². The first-order chi connectivity index (χ1) is 8.18. The maximum absolute atomic E-state index is 12.6. The van der Waals surface area contributed by atoms with Crippen LogP contribution in [-0.2, 0) is 13.6 Å². The van der Waals surface area contributed by atoms with Crippen molar-refractivity contribution in [2.75, 3.05) is 13.2 Å². The van der Waals surface area contributed by atoms with Crippen molar-refractivity contribution in [2.24, 2.45) is 0 Å². The second kappa shape index (κ2) is 6.75. The van der Waals surface area contributed by atoms with Crippen LogP contribution in [0.3, 0.4) is 0 Å². The Bertz CT molecular complexity index is 379. The summed E-state index contributed by atoms with van der Waals surface area (Å²) in [5.41, 5.74) is 0.483. The summed E-state index contributed by atoms with van der Waals surface area (Å²) in [6, 6.07) is 9.51. The fourth-order valence-corrected chi connectivity index (χ4v) is 3.57. The van der Waals surface area contributed by atoms with E-state index in [4.69, 9.17) is 9.05 Å². The minimum Gasteiger partial charge on any atom is -0.308 e. The second-order valence-electron chi connectivity index (χ2n) is 3.47. The molecular weight excluding hydrogens is 235 g/mol. The van der Waals surface area contributed by atoms with E-state index in [1.54, 1.807) is 19.9 Å². The summed E-state index contributed by atoms with van der Waals surface area (Å²) in [5.74, 6) is 0. The number of rotatable bonds is 7. The van der Waals surface area contributed by atoms with Crippen LogP contribution in [0.2, 0.25) is 0 Å². The molecule has 0 heterocycles. The first-order valence-corrected chi connectivity index (χ1v) is 7.35. The van der Waals surface area contributed by atoms with Gasteiger partial charge in [0.1, 0.15) is 5.66 Å². The van der Waals surface area contributed by atoms with Crippen molar-refractivity contribution < 1.29 is 13.6 Å². The predicted molar refractivity (Wildman–Crippen MR) is 70.2 cm³/mol. The SMILES string of the molecule is C=CC(c1ccccc1)P(=O)(OCC)OCC. The van der Waals surface area contributed by atoms with Crippen LogP contribution in [0.25, 0.3) is 0 Å². The molecule has 0 spiro atoms. The molecule has 1 aromatic rings. The van der Waals surface area contributed by atoms with E-state index in [1.165, 1.54) is 0 Å². The molecule has 0 saturated heterocycles. The fourth-order valence-electron chi connectivity index (χ4n) is 1.66. The highest BCUT2D eigenvalue weighted by Crippen LogP contribution is 2.61. The maximum atomic E-state index is 12.6. The van der Waals surface area contributed by atoms with E-state index < -0.39 is 13.3 Å². The molecule has 17 heavy (non-hydrogen) atoms. The molecule has 1 unspecified atom stereocenters. The van der Waals surface area contributed by atoms with Crippen molar-refractivity contribution >= 4 is 7.60 Å². The minimum absolute atomic E-state index is 0.356. The molecule has 0 fully saturated rings. The fraction of sp³-hybridized carbons (Fsp3) is 0.385. The predicted octanol–water partition coefficient (Wildman–Crippen LogP) is 4.18. The molecule has 0 radical (unpaired) electrons. The summed E-state index contributed by atoms with van der Waals surface area (Å²) >= 11 is 0. The Morgan fingerprint density at radius 1 is 1.24 bits per heavy atom. The highest BCUT2D eigenvalue weighted by Gasteiger charge is 2.34. The Balaban J connectivity index is 3.06. The molecule has 94 valence electrons. The van der Waals surface area contributed by atoms with Crippen molar-refractivity contribution in [1.29, 1.82) is 0 Å². The lowest BCUT2D eigenvalue weighted by Crippen LogP contribution is -2.04. The van der Waals surface area contributed by atoms with E-state index in [9.17, 15) is 4.57 Å². The van der Waals surface area contributed by atoms with Gasteiger partial charge in [0.05, 0.1) is 13.2 Å². The summed E-state index contributed by atoms with van der Waals surface area (Å²) in [7, 11) is -3.17. The molecule has 0 aromatic heterocycles. The lowest BCUT2D eigenvalue weighted by Gasteiger charge is -2.24. The first kappa shape index (κ1) is 14.2. The van der Waals surface area contributed by atoms with Crippen molar-refractivity contribution in [3.05, 3.63) is 48.6 Å². The van der Waals surface area contributed by atoms with Crippen LogP contribution >= 0.6 is 7.60 Å². The van der Waals surface area contributed by atoms with Crippen molar-refractivity contribution in [3.63, 3.8) is 0 Å². The first-order valence-electron chi connectivity index (χ1n) is 5.74. The molecule has 3 nitrogen and oxygen atoms in total. The van der Waals surface area contributed by atoms with Crippen LogP contribution in [0, 0.1) is 0 Å². The lowest BCUT2D eigenvalue weighted by atomic mass is 10.1. The highest BCUT2D eigenvalue weighted by molar-refractivity contribution is 7.54. The van der Waals surface area contributed by atoms with E-state index in [0.29, 0.717) is 13.2 Å². The van der Waals surface area contributed by atoms with Crippen LogP contribution in [0.15, 0.2) is 43.0 Å². The molecule has 1 aromatic carbocycles. The quantitative estimate of drug-likeness (QED) is 0.541. The number of benzene rings is 1. The second-order valence-corrected chi connectivity index (χ2v) is 5.62. The topological polar surface area (TPSA) is 35.5 Å². The van der Waals surface area contributed by atoms with Crippen LogP contribution in [0.5, 0.6) is 0 Å². The normalized spacial score (nSPS) is 13.3. The van der Waals surface area contributed by atoms with E-state index in [0.717, 1.165) is 5.56 Å². The molecule has 0 N–H and O–H groups in total. The van der Waals surface area contributed by atoms with Gasteiger partial charge in [-0.05, 0) is 19.4 Å². The van der Waals surface area contributed by atoms with Crippen molar-refractivity contribution in [3.8, 4) is 0 Å². The average molecular weight is 254 g/mol. The van der Waals surface area contributed by atoms with Gasteiger partial charge < -0.3 is 9.05 Å². The molecule has 0 aliphatic carbocycles. The van der Waals surface area contributed by atoms with Gasteiger partial charge >= 0.3 is 7.60 Å². The Hall–Kier alpha value is -0.890. The highest BCUT2D eigenvalue weighted by atomic mass is 31.2. The third kappa shape index (κ3) is 3.53. The summed E-state index contributed by atoms with van der Waals surface area (Å²) < 4.78 is 23.3. The van der Waals surface area contributed by atoms with Gasteiger partial charge in [-0.3, -0.25) is 4.57 Å². The summed E-state index contributed by atoms with van der Waals surface area (Å²) in [4.78, 5) is 0. The average Bonchev–Trinajstić information content (AvgIpc) is 2.31. The van der Waals surface area contributed by atoms with Crippen LogP contribution in [0.4, 0.5) is 0 Å². The number of hydrogen-bond acceptors (Lipinski definition) is 3. The summed E-state index contributed by atoms with van der Waals surface area (Å²) in [6.45, 7) is 8.05. The molecule has 0 bridgehead atoms. The standard InChI is InChI=1S/C13H19O3P/c1-4-13(12-10-8-7-9-11-12)17(14,15-5-2)16-6-3/h4,7-11,13H,1,5-6H2,2-3H3.